The fourth-order valence-electron chi connectivity index (χ4n) is 4.08. The molecule has 3 nitrogen and oxygen atoms in total. The normalized spacial score (nSPS) is 21.4. The lowest BCUT2D eigenvalue weighted by Gasteiger charge is -2.29. The first-order chi connectivity index (χ1) is 13.2. The molecule has 0 amide bonds. The summed E-state index contributed by atoms with van der Waals surface area (Å²) in [6, 6.07) is 7.49. The van der Waals surface area contributed by atoms with Crippen LogP contribution >= 0.6 is 23.2 Å². The van der Waals surface area contributed by atoms with E-state index in [1.165, 1.54) is 18.2 Å². The molecule has 1 aliphatic carbocycles. The molecule has 0 radical (unpaired) electrons. The summed E-state index contributed by atoms with van der Waals surface area (Å²) in [6.45, 7) is 0.402. The van der Waals surface area contributed by atoms with E-state index in [1.807, 2.05) is 6.07 Å². The number of rotatable bonds is 3. The zero-order valence-corrected chi connectivity index (χ0v) is 16.3. The highest BCUT2D eigenvalue weighted by Gasteiger charge is 2.62. The van der Waals surface area contributed by atoms with Crippen LogP contribution in [0.2, 0.25) is 10.0 Å². The predicted octanol–water partition coefficient (Wildman–Crippen LogP) is 5.52. The second-order valence-electron chi connectivity index (χ2n) is 7.08. The molecule has 8 heteroatoms. The van der Waals surface area contributed by atoms with E-state index in [0.29, 0.717) is 12.1 Å². The summed E-state index contributed by atoms with van der Waals surface area (Å²) in [5.74, 6) is 0. The molecular formula is C20H17Cl2F3N2O. The zero-order chi connectivity index (χ0) is 20.1. The Bertz CT molecular complexity index is 954. The van der Waals surface area contributed by atoms with Crippen LogP contribution in [-0.2, 0) is 29.8 Å². The first-order valence-electron chi connectivity index (χ1n) is 8.87. The Kier molecular flexibility index (Phi) is 4.84. The third kappa shape index (κ3) is 3.08. The quantitative estimate of drug-likeness (QED) is 0.698. The van der Waals surface area contributed by atoms with Gasteiger partial charge in [0.2, 0.25) is 0 Å². The number of nitrogens with two attached hydrogens (primary N) is 1. The number of halogens is 5. The Morgan fingerprint density at radius 2 is 1.75 bits per heavy atom. The van der Waals surface area contributed by atoms with E-state index in [2.05, 4.69) is 5.16 Å². The molecule has 148 valence electrons. The molecular weight excluding hydrogens is 412 g/mol. The monoisotopic (exact) mass is 428 g/mol. The van der Waals surface area contributed by atoms with Gasteiger partial charge in [0.15, 0.2) is 0 Å². The van der Waals surface area contributed by atoms with Crippen molar-refractivity contribution in [2.45, 2.75) is 44.0 Å². The van der Waals surface area contributed by atoms with Gasteiger partial charge in [-0.1, -0.05) is 40.5 Å². The fraction of sp³-hybridized carbons (Fsp3) is 0.350. The number of fused-ring (bicyclic) bond motifs is 1. The van der Waals surface area contributed by atoms with Gasteiger partial charge in [0.05, 0.1) is 5.71 Å². The molecule has 1 heterocycles. The zero-order valence-electron chi connectivity index (χ0n) is 14.7. The average molecular weight is 429 g/mol. The van der Waals surface area contributed by atoms with Crippen LogP contribution in [-0.4, -0.2) is 11.9 Å². The summed E-state index contributed by atoms with van der Waals surface area (Å²) < 4.78 is 42.4. The van der Waals surface area contributed by atoms with Gasteiger partial charge in [-0.3, -0.25) is 0 Å². The first kappa shape index (κ1) is 19.6. The van der Waals surface area contributed by atoms with Crippen molar-refractivity contribution in [1.82, 2.24) is 0 Å². The number of hydrogen-bond donors (Lipinski definition) is 1. The van der Waals surface area contributed by atoms with Crippen molar-refractivity contribution in [3.05, 3.63) is 68.2 Å². The van der Waals surface area contributed by atoms with Crippen LogP contribution in [0, 0.1) is 0 Å². The maximum atomic E-state index is 14.1. The van der Waals surface area contributed by atoms with Gasteiger partial charge in [0, 0.05) is 34.1 Å². The van der Waals surface area contributed by atoms with Crippen LogP contribution in [0.5, 0.6) is 0 Å². The van der Waals surface area contributed by atoms with Crippen molar-refractivity contribution >= 4 is 28.9 Å². The molecule has 0 spiro atoms. The van der Waals surface area contributed by atoms with Gasteiger partial charge in [-0.2, -0.15) is 13.2 Å². The number of hydrogen-bond acceptors (Lipinski definition) is 3. The highest BCUT2D eigenvalue weighted by Crippen LogP contribution is 2.50. The van der Waals surface area contributed by atoms with Gasteiger partial charge in [-0.05, 0) is 54.2 Å². The van der Waals surface area contributed by atoms with Gasteiger partial charge in [0.25, 0.3) is 5.60 Å². The Balaban J connectivity index is 1.78. The van der Waals surface area contributed by atoms with Crippen molar-refractivity contribution in [3.8, 4) is 0 Å². The molecule has 28 heavy (non-hydrogen) atoms. The summed E-state index contributed by atoms with van der Waals surface area (Å²) in [5, 5.41) is 4.09. The summed E-state index contributed by atoms with van der Waals surface area (Å²) in [4.78, 5) is 5.11. The van der Waals surface area contributed by atoms with Crippen molar-refractivity contribution in [2.75, 3.05) is 0 Å². The van der Waals surface area contributed by atoms with Gasteiger partial charge in [0.1, 0.15) is 0 Å². The molecule has 0 saturated carbocycles. The third-order valence-corrected chi connectivity index (χ3v) is 5.86. The van der Waals surface area contributed by atoms with E-state index < -0.39 is 18.2 Å². The van der Waals surface area contributed by atoms with Crippen LogP contribution in [0.1, 0.15) is 40.7 Å². The predicted molar refractivity (Wildman–Crippen MR) is 103 cm³/mol. The minimum atomic E-state index is -4.70. The summed E-state index contributed by atoms with van der Waals surface area (Å²) in [6.07, 6.45) is -2.53. The van der Waals surface area contributed by atoms with Gasteiger partial charge < -0.3 is 10.6 Å². The second-order valence-corrected chi connectivity index (χ2v) is 7.95. The molecule has 2 aromatic rings. The van der Waals surface area contributed by atoms with Gasteiger partial charge >= 0.3 is 6.18 Å². The van der Waals surface area contributed by atoms with Crippen LogP contribution in [0.4, 0.5) is 13.2 Å². The lowest BCUT2D eigenvalue weighted by atomic mass is 9.85. The van der Waals surface area contributed by atoms with E-state index >= 15 is 0 Å². The molecule has 0 fully saturated rings. The standard InChI is InChI=1S/C20H17Cl2F3N2O/c21-13-6-12(7-14(22)8-13)19(20(23,24)25)9-18(27-28-19)17-5-4-11(10-26)15-2-1-3-16(15)17/h4-8H,1-3,9-10,26H2. The largest absolute Gasteiger partial charge is 0.435 e. The number of benzene rings is 2. The van der Waals surface area contributed by atoms with Gasteiger partial charge in [-0.25, -0.2) is 0 Å². The molecule has 1 unspecified atom stereocenters. The van der Waals surface area contributed by atoms with Crippen LogP contribution in [0.25, 0.3) is 0 Å². The number of alkyl halides is 3. The minimum absolute atomic E-state index is 0.108. The first-order valence-corrected chi connectivity index (χ1v) is 9.63. The molecule has 4 rings (SSSR count). The Labute approximate surface area is 170 Å². The molecule has 2 aliphatic rings. The van der Waals surface area contributed by atoms with E-state index in [4.69, 9.17) is 33.8 Å². The molecule has 0 bridgehead atoms. The average Bonchev–Trinajstić information content (AvgIpc) is 3.27. The third-order valence-electron chi connectivity index (χ3n) is 5.43. The molecule has 1 aliphatic heterocycles. The summed E-state index contributed by atoms with van der Waals surface area (Å²) in [7, 11) is 0. The Hall–Kier alpha value is -1.76. The highest BCUT2D eigenvalue weighted by molar-refractivity contribution is 6.34. The summed E-state index contributed by atoms with van der Waals surface area (Å²) >= 11 is 11.9. The van der Waals surface area contributed by atoms with E-state index in [0.717, 1.165) is 36.0 Å². The summed E-state index contributed by atoms with van der Waals surface area (Å²) in [5.41, 5.74) is 7.17. The topological polar surface area (TPSA) is 47.6 Å². The van der Waals surface area contributed by atoms with E-state index in [1.54, 1.807) is 6.07 Å². The van der Waals surface area contributed by atoms with Crippen LogP contribution in [0.3, 0.4) is 0 Å². The molecule has 0 aromatic heterocycles. The molecule has 0 saturated heterocycles. The minimum Gasteiger partial charge on any atom is -0.374 e. The van der Waals surface area contributed by atoms with E-state index in [9.17, 15) is 13.2 Å². The second kappa shape index (κ2) is 6.94. The lowest BCUT2D eigenvalue weighted by molar-refractivity contribution is -0.275. The highest BCUT2D eigenvalue weighted by atomic mass is 35.5. The smallest absolute Gasteiger partial charge is 0.374 e. The van der Waals surface area contributed by atoms with Crippen molar-refractivity contribution in [3.63, 3.8) is 0 Å². The molecule has 2 aromatic carbocycles. The maximum absolute atomic E-state index is 14.1. The van der Waals surface area contributed by atoms with Crippen molar-refractivity contribution < 1.29 is 18.0 Å². The van der Waals surface area contributed by atoms with Crippen molar-refractivity contribution in [2.24, 2.45) is 10.9 Å². The van der Waals surface area contributed by atoms with E-state index in [-0.39, 0.29) is 21.3 Å². The SMILES string of the molecule is NCc1ccc(C2=NOC(c3cc(Cl)cc(Cl)c3)(C(F)(F)F)C2)c2c1CCC2. The molecule has 1 atom stereocenters. The fourth-order valence-corrected chi connectivity index (χ4v) is 4.60. The van der Waals surface area contributed by atoms with Gasteiger partial charge in [-0.15, -0.1) is 0 Å². The Morgan fingerprint density at radius 3 is 2.39 bits per heavy atom. The number of oxime groups is 1. The molecule has 2 N–H and O–H groups in total. The number of nitrogens with zero attached hydrogens (tertiary/aromatic N) is 1. The maximum Gasteiger partial charge on any atom is 0.435 e. The van der Waals surface area contributed by atoms with Crippen LogP contribution in [0.15, 0.2) is 35.5 Å². The Morgan fingerprint density at radius 1 is 1.07 bits per heavy atom. The van der Waals surface area contributed by atoms with Crippen LogP contribution < -0.4 is 5.73 Å². The lowest BCUT2D eigenvalue weighted by Crippen LogP contribution is -2.42. The van der Waals surface area contributed by atoms with Crippen molar-refractivity contribution in [1.29, 1.82) is 0 Å².